The number of hydrogen-bond acceptors (Lipinski definition) is 4. The van der Waals surface area contributed by atoms with Crippen molar-refractivity contribution in [3.8, 4) is 0 Å². The number of aromatic nitrogens is 2. The van der Waals surface area contributed by atoms with Crippen molar-refractivity contribution < 1.29 is 0 Å². The molecule has 0 spiro atoms. The molecule has 1 aliphatic heterocycles. The fourth-order valence-corrected chi connectivity index (χ4v) is 3.15. The van der Waals surface area contributed by atoms with Gasteiger partial charge in [0.25, 0.3) is 0 Å². The summed E-state index contributed by atoms with van der Waals surface area (Å²) in [7, 11) is 1.87. The molecule has 0 atom stereocenters. The summed E-state index contributed by atoms with van der Waals surface area (Å²) in [6, 6.07) is 8.66. The SMILES string of the molecule is CNc1nc(C(C)C)cc(N2CCc3cc(Br)ccc3C2)n1. The van der Waals surface area contributed by atoms with Crippen LogP contribution in [-0.4, -0.2) is 23.6 Å². The normalized spacial score (nSPS) is 14.1. The Hall–Kier alpha value is -1.62. The summed E-state index contributed by atoms with van der Waals surface area (Å²) in [6.07, 6.45) is 1.05. The molecule has 0 saturated carbocycles. The Morgan fingerprint density at radius 2 is 2.00 bits per heavy atom. The zero-order valence-corrected chi connectivity index (χ0v) is 14.8. The lowest BCUT2D eigenvalue weighted by molar-refractivity contribution is 0.714. The molecule has 2 aromatic rings. The predicted octanol–water partition coefficient (Wildman–Crippen LogP) is 3.97. The number of fused-ring (bicyclic) bond motifs is 1. The molecule has 1 N–H and O–H groups in total. The van der Waals surface area contributed by atoms with E-state index in [-0.39, 0.29) is 0 Å². The Labute approximate surface area is 140 Å². The Morgan fingerprint density at radius 3 is 2.73 bits per heavy atom. The average Bonchev–Trinajstić information content (AvgIpc) is 2.53. The van der Waals surface area contributed by atoms with Crippen LogP contribution in [0.25, 0.3) is 0 Å². The number of hydrogen-bond donors (Lipinski definition) is 1. The monoisotopic (exact) mass is 360 g/mol. The number of benzene rings is 1. The highest BCUT2D eigenvalue weighted by Gasteiger charge is 2.19. The van der Waals surface area contributed by atoms with Gasteiger partial charge in [0.2, 0.25) is 5.95 Å². The quantitative estimate of drug-likeness (QED) is 0.898. The van der Waals surface area contributed by atoms with Gasteiger partial charge in [0.05, 0.1) is 5.69 Å². The minimum absolute atomic E-state index is 0.391. The smallest absolute Gasteiger partial charge is 0.224 e. The zero-order chi connectivity index (χ0) is 15.7. The fourth-order valence-electron chi connectivity index (χ4n) is 2.74. The maximum atomic E-state index is 4.64. The molecule has 0 bridgehead atoms. The molecule has 2 heterocycles. The summed E-state index contributed by atoms with van der Waals surface area (Å²) in [4.78, 5) is 11.5. The maximum absolute atomic E-state index is 4.64. The molecule has 1 aromatic heterocycles. The van der Waals surface area contributed by atoms with Gasteiger partial charge >= 0.3 is 0 Å². The van der Waals surface area contributed by atoms with E-state index in [0.29, 0.717) is 11.9 Å². The highest BCUT2D eigenvalue weighted by Crippen LogP contribution is 2.27. The van der Waals surface area contributed by atoms with Gasteiger partial charge < -0.3 is 10.2 Å². The molecule has 1 aliphatic rings. The van der Waals surface area contributed by atoms with Gasteiger partial charge in [0.1, 0.15) is 5.82 Å². The number of halogens is 1. The summed E-state index contributed by atoms with van der Waals surface area (Å²) in [5.41, 5.74) is 3.89. The molecular formula is C17H21BrN4. The molecule has 1 aromatic carbocycles. The highest BCUT2D eigenvalue weighted by atomic mass is 79.9. The van der Waals surface area contributed by atoms with Crippen molar-refractivity contribution >= 4 is 27.7 Å². The van der Waals surface area contributed by atoms with E-state index in [1.54, 1.807) is 0 Å². The topological polar surface area (TPSA) is 41.1 Å². The van der Waals surface area contributed by atoms with Crippen LogP contribution in [0.2, 0.25) is 0 Å². The summed E-state index contributed by atoms with van der Waals surface area (Å²) in [5.74, 6) is 2.10. The number of rotatable bonds is 3. The van der Waals surface area contributed by atoms with Crippen molar-refractivity contribution in [3.05, 3.63) is 45.6 Å². The van der Waals surface area contributed by atoms with E-state index in [0.717, 1.165) is 35.5 Å². The molecule has 5 heteroatoms. The fraction of sp³-hybridized carbons (Fsp3) is 0.412. The third-order valence-electron chi connectivity index (χ3n) is 4.05. The second-order valence-corrected chi connectivity index (χ2v) is 6.88. The van der Waals surface area contributed by atoms with Crippen LogP contribution < -0.4 is 10.2 Å². The van der Waals surface area contributed by atoms with Gasteiger partial charge in [-0.25, -0.2) is 4.98 Å². The number of nitrogens with zero attached hydrogens (tertiary/aromatic N) is 3. The van der Waals surface area contributed by atoms with Crippen molar-refractivity contribution in [1.29, 1.82) is 0 Å². The molecule has 116 valence electrons. The minimum Gasteiger partial charge on any atom is -0.357 e. The van der Waals surface area contributed by atoms with Gasteiger partial charge in [-0.3, -0.25) is 0 Å². The number of nitrogens with one attached hydrogen (secondary N) is 1. The van der Waals surface area contributed by atoms with Crippen LogP contribution >= 0.6 is 15.9 Å². The standard InChI is InChI=1S/C17H21BrN4/c1-11(2)15-9-16(21-17(19-3)20-15)22-7-6-12-8-14(18)5-4-13(12)10-22/h4-5,8-9,11H,6-7,10H2,1-3H3,(H,19,20,21). The van der Waals surface area contributed by atoms with E-state index >= 15 is 0 Å². The maximum Gasteiger partial charge on any atom is 0.224 e. The van der Waals surface area contributed by atoms with E-state index in [1.165, 1.54) is 11.1 Å². The van der Waals surface area contributed by atoms with E-state index < -0.39 is 0 Å². The first-order chi connectivity index (χ1) is 10.6. The van der Waals surface area contributed by atoms with E-state index in [2.05, 4.69) is 74.2 Å². The van der Waals surface area contributed by atoms with Gasteiger partial charge in [-0.1, -0.05) is 35.8 Å². The second kappa shape index (κ2) is 6.24. The molecule has 0 aliphatic carbocycles. The highest BCUT2D eigenvalue weighted by molar-refractivity contribution is 9.10. The molecule has 0 radical (unpaired) electrons. The van der Waals surface area contributed by atoms with Crippen LogP contribution in [-0.2, 0) is 13.0 Å². The van der Waals surface area contributed by atoms with Crippen LogP contribution in [0.1, 0.15) is 36.6 Å². The van der Waals surface area contributed by atoms with Crippen LogP contribution in [0.4, 0.5) is 11.8 Å². The van der Waals surface area contributed by atoms with Gasteiger partial charge in [-0.2, -0.15) is 4.98 Å². The van der Waals surface area contributed by atoms with Gasteiger partial charge in [-0.15, -0.1) is 0 Å². The van der Waals surface area contributed by atoms with Crippen molar-refractivity contribution in [2.75, 3.05) is 23.8 Å². The third-order valence-corrected chi connectivity index (χ3v) is 4.55. The molecule has 3 rings (SSSR count). The van der Waals surface area contributed by atoms with Gasteiger partial charge in [0.15, 0.2) is 0 Å². The Morgan fingerprint density at radius 1 is 1.18 bits per heavy atom. The molecular weight excluding hydrogens is 340 g/mol. The largest absolute Gasteiger partial charge is 0.357 e. The lowest BCUT2D eigenvalue weighted by Gasteiger charge is -2.30. The van der Waals surface area contributed by atoms with Crippen LogP contribution in [0, 0.1) is 0 Å². The lowest BCUT2D eigenvalue weighted by atomic mass is 10.00. The first-order valence-corrected chi connectivity index (χ1v) is 8.45. The predicted molar refractivity (Wildman–Crippen MR) is 94.6 cm³/mol. The van der Waals surface area contributed by atoms with Crippen molar-refractivity contribution in [2.45, 2.75) is 32.7 Å². The molecule has 0 saturated heterocycles. The minimum atomic E-state index is 0.391. The van der Waals surface area contributed by atoms with Crippen molar-refractivity contribution in [2.24, 2.45) is 0 Å². The summed E-state index contributed by atoms with van der Waals surface area (Å²) in [6.45, 7) is 6.21. The van der Waals surface area contributed by atoms with Crippen LogP contribution in [0.3, 0.4) is 0 Å². The Balaban J connectivity index is 1.92. The first kappa shape index (κ1) is 15.3. The Bertz CT molecular complexity index is 684. The van der Waals surface area contributed by atoms with Gasteiger partial charge in [-0.05, 0) is 35.6 Å². The lowest BCUT2D eigenvalue weighted by Crippen LogP contribution is -2.31. The van der Waals surface area contributed by atoms with E-state index in [4.69, 9.17) is 0 Å². The van der Waals surface area contributed by atoms with E-state index in [1.807, 2.05) is 7.05 Å². The summed E-state index contributed by atoms with van der Waals surface area (Å²) < 4.78 is 1.15. The third kappa shape index (κ3) is 3.09. The van der Waals surface area contributed by atoms with Crippen LogP contribution in [0.5, 0.6) is 0 Å². The van der Waals surface area contributed by atoms with Crippen LogP contribution in [0.15, 0.2) is 28.7 Å². The van der Waals surface area contributed by atoms with Gasteiger partial charge in [0, 0.05) is 30.7 Å². The van der Waals surface area contributed by atoms with E-state index in [9.17, 15) is 0 Å². The molecule has 0 amide bonds. The van der Waals surface area contributed by atoms with Crippen molar-refractivity contribution in [1.82, 2.24) is 9.97 Å². The Kier molecular flexibility index (Phi) is 4.34. The molecule has 0 fully saturated rings. The average molecular weight is 361 g/mol. The second-order valence-electron chi connectivity index (χ2n) is 5.96. The summed E-state index contributed by atoms with van der Waals surface area (Å²) >= 11 is 3.55. The zero-order valence-electron chi connectivity index (χ0n) is 13.2. The number of anilines is 2. The first-order valence-electron chi connectivity index (χ1n) is 7.66. The molecule has 22 heavy (non-hydrogen) atoms. The molecule has 0 unspecified atom stereocenters. The summed E-state index contributed by atoms with van der Waals surface area (Å²) in [5, 5.41) is 3.07. The van der Waals surface area contributed by atoms with Crippen molar-refractivity contribution in [3.63, 3.8) is 0 Å². The molecule has 4 nitrogen and oxygen atoms in total.